The van der Waals surface area contributed by atoms with Crippen LogP contribution >= 0.6 is 11.6 Å². The molecule has 0 spiro atoms. The molecule has 0 bridgehead atoms. The molecule has 0 aliphatic carbocycles. The minimum atomic E-state index is -0.569. The minimum Gasteiger partial charge on any atom is -0.496 e. The molecule has 0 aliphatic rings. The van der Waals surface area contributed by atoms with E-state index in [1.807, 2.05) is 18.2 Å². The molecule has 0 atom stereocenters. The Morgan fingerprint density at radius 2 is 2.10 bits per heavy atom. The second kappa shape index (κ2) is 5.67. The Kier molecular flexibility index (Phi) is 4.14. The van der Waals surface area contributed by atoms with Crippen molar-refractivity contribution in [1.82, 2.24) is 5.16 Å². The van der Waals surface area contributed by atoms with E-state index in [4.69, 9.17) is 20.9 Å². The summed E-state index contributed by atoms with van der Waals surface area (Å²) in [5.41, 5.74) is 2.60. The monoisotopic (exact) mass is 293 g/mol. The second-order valence-electron chi connectivity index (χ2n) is 4.85. The Balaban J connectivity index is 2.59. The molecule has 4 nitrogen and oxygen atoms in total. The number of aryl methyl sites for hydroxylation is 1. The van der Waals surface area contributed by atoms with E-state index in [0.717, 1.165) is 16.9 Å². The van der Waals surface area contributed by atoms with Crippen LogP contribution in [0.1, 0.15) is 41.4 Å². The van der Waals surface area contributed by atoms with Crippen LogP contribution in [0.3, 0.4) is 0 Å². The summed E-state index contributed by atoms with van der Waals surface area (Å²) in [6.07, 6.45) is 0. The van der Waals surface area contributed by atoms with Crippen LogP contribution < -0.4 is 4.74 Å². The van der Waals surface area contributed by atoms with Crippen LogP contribution in [-0.4, -0.2) is 17.5 Å². The highest BCUT2D eigenvalue weighted by molar-refractivity contribution is 6.68. The van der Waals surface area contributed by atoms with Gasteiger partial charge < -0.3 is 9.26 Å². The lowest BCUT2D eigenvalue weighted by Crippen LogP contribution is -1.97. The molecule has 20 heavy (non-hydrogen) atoms. The van der Waals surface area contributed by atoms with E-state index in [2.05, 4.69) is 19.0 Å². The molecule has 0 N–H and O–H groups in total. The molecule has 0 unspecified atom stereocenters. The summed E-state index contributed by atoms with van der Waals surface area (Å²) in [7, 11) is 1.63. The smallest absolute Gasteiger partial charge is 0.258 e. The zero-order valence-electron chi connectivity index (χ0n) is 11.9. The normalized spacial score (nSPS) is 10.9. The third-order valence-electron chi connectivity index (χ3n) is 3.18. The molecule has 0 fully saturated rings. The molecule has 0 saturated carbocycles. The molecule has 0 saturated heterocycles. The summed E-state index contributed by atoms with van der Waals surface area (Å²) in [4.78, 5) is 11.5. The van der Waals surface area contributed by atoms with Gasteiger partial charge in [0.2, 0.25) is 0 Å². The van der Waals surface area contributed by atoms with Gasteiger partial charge in [-0.3, -0.25) is 4.79 Å². The number of halogens is 1. The van der Waals surface area contributed by atoms with E-state index in [-0.39, 0.29) is 5.92 Å². The maximum Gasteiger partial charge on any atom is 0.258 e. The lowest BCUT2D eigenvalue weighted by atomic mass is 9.97. The quantitative estimate of drug-likeness (QED) is 0.794. The fourth-order valence-corrected chi connectivity index (χ4v) is 2.36. The van der Waals surface area contributed by atoms with Gasteiger partial charge in [-0.2, -0.15) is 0 Å². The van der Waals surface area contributed by atoms with Crippen LogP contribution in [0.2, 0.25) is 0 Å². The van der Waals surface area contributed by atoms with Crippen molar-refractivity contribution in [3.63, 3.8) is 0 Å². The summed E-state index contributed by atoms with van der Waals surface area (Å²) in [5, 5.41) is 3.37. The van der Waals surface area contributed by atoms with Gasteiger partial charge in [-0.25, -0.2) is 0 Å². The number of aromatic nitrogens is 1. The van der Waals surface area contributed by atoms with Crippen LogP contribution in [0.5, 0.6) is 5.75 Å². The van der Waals surface area contributed by atoms with Gasteiger partial charge >= 0.3 is 0 Å². The van der Waals surface area contributed by atoms with Crippen molar-refractivity contribution in [2.75, 3.05) is 7.11 Å². The maximum atomic E-state index is 11.5. The lowest BCUT2D eigenvalue weighted by Gasteiger charge is -2.13. The number of rotatable bonds is 4. The molecule has 5 heteroatoms. The number of ether oxygens (including phenoxy) is 1. The third kappa shape index (κ3) is 2.56. The topological polar surface area (TPSA) is 52.3 Å². The fourth-order valence-electron chi connectivity index (χ4n) is 2.13. The number of carbonyl (C=O) groups excluding carboxylic acids is 1. The van der Waals surface area contributed by atoms with Gasteiger partial charge in [0.15, 0.2) is 0 Å². The molecule has 0 aliphatic heterocycles. The van der Waals surface area contributed by atoms with Crippen molar-refractivity contribution < 1.29 is 14.1 Å². The predicted octanol–water partition coefficient (Wildman–Crippen LogP) is 4.16. The van der Waals surface area contributed by atoms with E-state index < -0.39 is 5.24 Å². The van der Waals surface area contributed by atoms with Crippen molar-refractivity contribution in [3.8, 4) is 17.0 Å². The molecule has 2 rings (SSSR count). The molecular formula is C15H16ClNO3. The van der Waals surface area contributed by atoms with Crippen LogP contribution in [-0.2, 0) is 0 Å². The van der Waals surface area contributed by atoms with Gasteiger partial charge in [0, 0.05) is 5.56 Å². The second-order valence-corrected chi connectivity index (χ2v) is 5.19. The first-order chi connectivity index (χ1) is 9.45. The molecule has 1 aromatic carbocycles. The number of carbonyl (C=O) groups is 1. The fraction of sp³-hybridized carbons (Fsp3) is 0.333. The van der Waals surface area contributed by atoms with Crippen molar-refractivity contribution in [3.05, 3.63) is 35.1 Å². The summed E-state index contributed by atoms with van der Waals surface area (Å²) in [6, 6.07) is 5.65. The summed E-state index contributed by atoms with van der Waals surface area (Å²) in [6.45, 7) is 5.81. The number of methoxy groups -OCH3 is 1. The average Bonchev–Trinajstić information content (AvgIpc) is 2.79. The molecule has 106 valence electrons. The van der Waals surface area contributed by atoms with Crippen LogP contribution in [0.4, 0.5) is 0 Å². The number of hydrogen-bond donors (Lipinski definition) is 0. The average molecular weight is 294 g/mol. The van der Waals surface area contributed by atoms with Crippen molar-refractivity contribution in [2.24, 2.45) is 0 Å². The van der Waals surface area contributed by atoms with Gasteiger partial charge in [0.25, 0.3) is 5.24 Å². The van der Waals surface area contributed by atoms with Crippen molar-refractivity contribution in [2.45, 2.75) is 26.7 Å². The molecule has 1 aromatic heterocycles. The zero-order valence-corrected chi connectivity index (χ0v) is 12.6. The maximum absolute atomic E-state index is 11.5. The number of hydrogen-bond acceptors (Lipinski definition) is 4. The van der Waals surface area contributed by atoms with Gasteiger partial charge in [-0.1, -0.05) is 19.0 Å². The lowest BCUT2D eigenvalue weighted by molar-refractivity contribution is 0.108. The van der Waals surface area contributed by atoms with Crippen molar-refractivity contribution >= 4 is 16.8 Å². The molecular weight excluding hydrogens is 278 g/mol. The van der Waals surface area contributed by atoms with Crippen LogP contribution in [0.15, 0.2) is 22.7 Å². The van der Waals surface area contributed by atoms with E-state index in [1.165, 1.54) is 0 Å². The van der Waals surface area contributed by atoms with Gasteiger partial charge in [0.05, 0.1) is 7.11 Å². The highest BCUT2D eigenvalue weighted by atomic mass is 35.5. The molecule has 1 heterocycles. The van der Waals surface area contributed by atoms with E-state index in [1.54, 1.807) is 14.0 Å². The highest BCUT2D eigenvalue weighted by Crippen LogP contribution is 2.33. The Morgan fingerprint density at radius 3 is 2.65 bits per heavy atom. The van der Waals surface area contributed by atoms with E-state index in [0.29, 0.717) is 17.0 Å². The molecule has 0 amide bonds. The predicted molar refractivity (Wildman–Crippen MR) is 77.5 cm³/mol. The van der Waals surface area contributed by atoms with Gasteiger partial charge in [-0.15, -0.1) is 0 Å². The van der Waals surface area contributed by atoms with Crippen LogP contribution in [0, 0.1) is 6.92 Å². The summed E-state index contributed by atoms with van der Waals surface area (Å²) >= 11 is 5.60. The van der Waals surface area contributed by atoms with Crippen molar-refractivity contribution in [1.29, 1.82) is 0 Å². The highest BCUT2D eigenvalue weighted by Gasteiger charge is 2.21. The number of nitrogens with zero attached hydrogens (tertiary/aromatic N) is 1. The Hall–Kier alpha value is -1.81. The molecule has 2 aromatic rings. The molecule has 0 radical (unpaired) electrons. The Morgan fingerprint density at radius 1 is 1.40 bits per heavy atom. The zero-order chi connectivity index (χ0) is 14.9. The Labute approximate surface area is 122 Å². The first-order valence-electron chi connectivity index (χ1n) is 6.30. The minimum absolute atomic E-state index is 0.285. The number of benzene rings is 1. The first-order valence-corrected chi connectivity index (χ1v) is 6.68. The standard InChI is InChI=1S/C15H16ClNO3/c1-8(2)11-7-10(5-6-12(11)19-4)14-13(15(16)18)9(3)20-17-14/h5-8H,1-4H3. The van der Waals surface area contributed by atoms with Crippen LogP contribution in [0.25, 0.3) is 11.3 Å². The van der Waals surface area contributed by atoms with Gasteiger partial charge in [-0.05, 0) is 48.2 Å². The summed E-state index contributed by atoms with van der Waals surface area (Å²) < 4.78 is 10.4. The summed E-state index contributed by atoms with van der Waals surface area (Å²) in [5.74, 6) is 1.51. The van der Waals surface area contributed by atoms with E-state index >= 15 is 0 Å². The third-order valence-corrected chi connectivity index (χ3v) is 3.37. The first kappa shape index (κ1) is 14.6. The Bertz CT molecular complexity index is 647. The SMILES string of the molecule is COc1ccc(-c2noc(C)c2C(=O)Cl)cc1C(C)C. The van der Waals surface area contributed by atoms with E-state index in [9.17, 15) is 4.79 Å². The largest absolute Gasteiger partial charge is 0.496 e. The van der Waals surface area contributed by atoms with Gasteiger partial charge in [0.1, 0.15) is 22.8 Å².